The van der Waals surface area contributed by atoms with Gasteiger partial charge in [0.05, 0.1) is 5.25 Å². The summed E-state index contributed by atoms with van der Waals surface area (Å²) < 4.78 is 18.4. The van der Waals surface area contributed by atoms with E-state index >= 15 is 0 Å². The van der Waals surface area contributed by atoms with Gasteiger partial charge in [0.2, 0.25) is 5.91 Å². The zero-order valence-corrected chi connectivity index (χ0v) is 14.0. The Morgan fingerprint density at radius 2 is 2.00 bits per heavy atom. The van der Waals surface area contributed by atoms with Gasteiger partial charge in [-0.3, -0.25) is 4.79 Å². The summed E-state index contributed by atoms with van der Waals surface area (Å²) in [6.07, 6.45) is 0.659. The number of hydrogen-bond donors (Lipinski definition) is 1. The fraction of sp³-hybridized carbons (Fsp3) is 0.222. The smallest absolute Gasteiger partial charge is 0.257 e. The summed E-state index contributed by atoms with van der Waals surface area (Å²) >= 11 is 1.29. The fourth-order valence-electron chi connectivity index (χ4n) is 2.23. The number of carbonyl (C=O) groups is 1. The van der Waals surface area contributed by atoms with Gasteiger partial charge in [-0.05, 0) is 43.2 Å². The molecule has 2 aromatic carbocycles. The molecule has 0 aliphatic carbocycles. The van der Waals surface area contributed by atoms with Crippen LogP contribution in [0.5, 0.6) is 0 Å². The molecule has 3 rings (SSSR count). The molecule has 0 spiro atoms. The van der Waals surface area contributed by atoms with Crippen molar-refractivity contribution < 1.29 is 13.6 Å². The van der Waals surface area contributed by atoms with Gasteiger partial charge in [0.1, 0.15) is 11.3 Å². The first kappa shape index (κ1) is 16.5. The van der Waals surface area contributed by atoms with Crippen molar-refractivity contribution in [3.8, 4) is 0 Å². The summed E-state index contributed by atoms with van der Waals surface area (Å²) in [5.74, 6) is -0.337. The summed E-state index contributed by atoms with van der Waals surface area (Å²) in [4.78, 5) is 16.5. The number of thioether (sulfide) groups is 1. The lowest BCUT2D eigenvalue weighted by molar-refractivity contribution is -0.120. The van der Waals surface area contributed by atoms with Gasteiger partial charge in [-0.25, -0.2) is 9.37 Å². The van der Waals surface area contributed by atoms with E-state index < -0.39 is 0 Å². The summed E-state index contributed by atoms with van der Waals surface area (Å²) in [6.45, 7) is 2.32. The molecule has 0 saturated carbocycles. The van der Waals surface area contributed by atoms with E-state index in [1.807, 2.05) is 31.2 Å². The average Bonchev–Trinajstić information content (AvgIpc) is 2.98. The highest BCUT2D eigenvalue weighted by Gasteiger charge is 2.17. The van der Waals surface area contributed by atoms with Gasteiger partial charge >= 0.3 is 0 Å². The molecule has 6 heteroatoms. The fourth-order valence-corrected chi connectivity index (χ4v) is 3.01. The van der Waals surface area contributed by atoms with Gasteiger partial charge in [-0.1, -0.05) is 36.0 Å². The average molecular weight is 344 g/mol. The highest BCUT2D eigenvalue weighted by atomic mass is 32.2. The number of carbonyl (C=O) groups excluding carboxylic acids is 1. The van der Waals surface area contributed by atoms with Crippen LogP contribution in [0, 0.1) is 5.82 Å². The first-order valence-corrected chi connectivity index (χ1v) is 8.54. The number of amides is 1. The van der Waals surface area contributed by atoms with E-state index in [0.29, 0.717) is 23.8 Å². The molecule has 0 bridgehead atoms. The van der Waals surface area contributed by atoms with Crippen LogP contribution in [-0.4, -0.2) is 22.7 Å². The molecule has 24 heavy (non-hydrogen) atoms. The third-order valence-corrected chi connectivity index (χ3v) is 4.49. The van der Waals surface area contributed by atoms with Gasteiger partial charge in [-0.2, -0.15) is 0 Å². The highest BCUT2D eigenvalue weighted by Crippen LogP contribution is 2.26. The summed E-state index contributed by atoms with van der Waals surface area (Å²) in [6, 6.07) is 13.8. The molecular formula is C18H17FN2O2S. The van der Waals surface area contributed by atoms with Crippen molar-refractivity contribution >= 4 is 28.8 Å². The molecule has 0 radical (unpaired) electrons. The Morgan fingerprint density at radius 1 is 1.25 bits per heavy atom. The molecule has 0 fully saturated rings. The number of halogens is 1. The van der Waals surface area contributed by atoms with Gasteiger partial charge in [-0.15, -0.1) is 0 Å². The second kappa shape index (κ2) is 7.49. The Morgan fingerprint density at radius 3 is 2.75 bits per heavy atom. The van der Waals surface area contributed by atoms with E-state index in [-0.39, 0.29) is 17.0 Å². The number of para-hydroxylation sites is 2. The normalized spacial score (nSPS) is 12.2. The van der Waals surface area contributed by atoms with Crippen molar-refractivity contribution in [2.45, 2.75) is 23.8 Å². The summed E-state index contributed by atoms with van der Waals surface area (Å²) in [5, 5.41) is 3.05. The van der Waals surface area contributed by atoms with Crippen LogP contribution in [0.4, 0.5) is 4.39 Å². The van der Waals surface area contributed by atoms with Crippen LogP contribution in [0.25, 0.3) is 11.1 Å². The molecule has 1 atom stereocenters. The molecule has 0 unspecified atom stereocenters. The zero-order valence-electron chi connectivity index (χ0n) is 13.2. The van der Waals surface area contributed by atoms with Gasteiger partial charge in [0.25, 0.3) is 5.22 Å². The van der Waals surface area contributed by atoms with Crippen LogP contribution in [0.1, 0.15) is 12.5 Å². The lowest BCUT2D eigenvalue weighted by atomic mass is 10.1. The maximum Gasteiger partial charge on any atom is 0.257 e. The molecule has 4 nitrogen and oxygen atoms in total. The van der Waals surface area contributed by atoms with E-state index in [4.69, 9.17) is 4.42 Å². The molecule has 1 N–H and O–H groups in total. The molecule has 0 aliphatic rings. The topological polar surface area (TPSA) is 55.1 Å². The zero-order chi connectivity index (χ0) is 16.9. The number of rotatable bonds is 6. The second-order valence-corrected chi connectivity index (χ2v) is 6.67. The Labute approximate surface area is 143 Å². The first-order chi connectivity index (χ1) is 11.6. The quantitative estimate of drug-likeness (QED) is 0.691. The maximum atomic E-state index is 12.8. The monoisotopic (exact) mass is 344 g/mol. The van der Waals surface area contributed by atoms with Crippen molar-refractivity contribution in [2.24, 2.45) is 0 Å². The standard InChI is InChI=1S/C18H17FN2O2S/c1-12(24-18-21-15-4-2-3-5-16(15)23-18)17(22)20-11-10-13-6-8-14(19)9-7-13/h2-9,12H,10-11H2,1H3,(H,20,22)/t12-/m0/s1. The third kappa shape index (κ3) is 4.14. The van der Waals surface area contributed by atoms with Crippen molar-refractivity contribution in [3.63, 3.8) is 0 Å². The Kier molecular flexibility index (Phi) is 5.15. The van der Waals surface area contributed by atoms with Crippen LogP contribution < -0.4 is 5.32 Å². The molecule has 1 aromatic heterocycles. The van der Waals surface area contributed by atoms with Crippen molar-refractivity contribution in [3.05, 3.63) is 59.9 Å². The largest absolute Gasteiger partial charge is 0.431 e. The Bertz CT molecular complexity index is 799. The third-order valence-electron chi connectivity index (χ3n) is 3.55. The van der Waals surface area contributed by atoms with Crippen LogP contribution in [-0.2, 0) is 11.2 Å². The molecule has 1 heterocycles. The van der Waals surface area contributed by atoms with E-state index in [2.05, 4.69) is 10.3 Å². The number of nitrogens with one attached hydrogen (secondary N) is 1. The van der Waals surface area contributed by atoms with Gasteiger partial charge in [0.15, 0.2) is 5.58 Å². The minimum atomic E-state index is -0.314. The molecule has 124 valence electrons. The molecule has 0 aliphatic heterocycles. The van der Waals surface area contributed by atoms with Crippen LogP contribution in [0.15, 0.2) is 58.2 Å². The first-order valence-electron chi connectivity index (χ1n) is 7.66. The lowest BCUT2D eigenvalue weighted by Crippen LogP contribution is -2.32. The number of benzene rings is 2. The number of nitrogens with zero attached hydrogens (tertiary/aromatic N) is 1. The minimum Gasteiger partial charge on any atom is -0.431 e. The molecule has 3 aromatic rings. The van der Waals surface area contributed by atoms with E-state index in [1.165, 1.54) is 23.9 Å². The Hall–Kier alpha value is -2.34. The van der Waals surface area contributed by atoms with E-state index in [9.17, 15) is 9.18 Å². The predicted octanol–water partition coefficient (Wildman–Crippen LogP) is 3.81. The summed E-state index contributed by atoms with van der Waals surface area (Å²) in [5.41, 5.74) is 2.48. The SMILES string of the molecule is C[C@H](Sc1nc2ccccc2o1)C(=O)NCCc1ccc(F)cc1. The number of aromatic nitrogens is 1. The second-order valence-electron chi connectivity index (χ2n) is 5.38. The van der Waals surface area contributed by atoms with Crippen LogP contribution in [0.2, 0.25) is 0 Å². The van der Waals surface area contributed by atoms with E-state index in [0.717, 1.165) is 11.1 Å². The number of fused-ring (bicyclic) bond motifs is 1. The number of hydrogen-bond acceptors (Lipinski definition) is 4. The molecule has 1 amide bonds. The lowest BCUT2D eigenvalue weighted by Gasteiger charge is -2.10. The minimum absolute atomic E-state index is 0.0793. The van der Waals surface area contributed by atoms with Crippen molar-refractivity contribution in [1.82, 2.24) is 10.3 Å². The highest BCUT2D eigenvalue weighted by molar-refractivity contribution is 8.00. The summed E-state index contributed by atoms with van der Waals surface area (Å²) in [7, 11) is 0. The number of oxazole rings is 1. The molecule has 0 saturated heterocycles. The predicted molar refractivity (Wildman–Crippen MR) is 92.4 cm³/mol. The van der Waals surface area contributed by atoms with Crippen molar-refractivity contribution in [1.29, 1.82) is 0 Å². The van der Waals surface area contributed by atoms with Gasteiger partial charge in [0, 0.05) is 6.54 Å². The molecular weight excluding hydrogens is 327 g/mol. The van der Waals surface area contributed by atoms with Crippen LogP contribution in [0.3, 0.4) is 0 Å². The van der Waals surface area contributed by atoms with Crippen LogP contribution >= 0.6 is 11.8 Å². The van der Waals surface area contributed by atoms with Gasteiger partial charge < -0.3 is 9.73 Å². The Balaban J connectivity index is 1.50. The van der Waals surface area contributed by atoms with Crippen molar-refractivity contribution in [2.75, 3.05) is 6.54 Å². The maximum absolute atomic E-state index is 12.8. The van der Waals surface area contributed by atoms with E-state index in [1.54, 1.807) is 12.1 Å².